The molecule has 0 saturated heterocycles. The SMILES string of the molecule is Cc1ccc(/C(C#N)=C\c2cc3c(cc2Cl)OCO3)cc1. The Kier molecular flexibility index (Phi) is 3.55. The second-order valence-electron chi connectivity index (χ2n) is 4.76. The van der Waals surface area contributed by atoms with Crippen LogP contribution in [0.5, 0.6) is 11.5 Å². The van der Waals surface area contributed by atoms with Gasteiger partial charge < -0.3 is 9.47 Å². The van der Waals surface area contributed by atoms with Crippen LogP contribution >= 0.6 is 11.6 Å². The van der Waals surface area contributed by atoms with Crippen LogP contribution in [0.2, 0.25) is 5.02 Å². The molecule has 21 heavy (non-hydrogen) atoms. The monoisotopic (exact) mass is 297 g/mol. The molecule has 104 valence electrons. The third-order valence-electron chi connectivity index (χ3n) is 3.27. The Morgan fingerprint density at radius 1 is 1.19 bits per heavy atom. The van der Waals surface area contributed by atoms with E-state index in [0.29, 0.717) is 22.1 Å². The Morgan fingerprint density at radius 3 is 2.52 bits per heavy atom. The highest BCUT2D eigenvalue weighted by molar-refractivity contribution is 6.32. The van der Waals surface area contributed by atoms with E-state index in [1.807, 2.05) is 31.2 Å². The van der Waals surface area contributed by atoms with Gasteiger partial charge in [-0.25, -0.2) is 0 Å². The quantitative estimate of drug-likeness (QED) is 0.608. The predicted octanol–water partition coefficient (Wildman–Crippen LogP) is 4.44. The standard InChI is InChI=1S/C17H12ClNO2/c1-11-2-4-12(5-3-11)14(9-19)6-13-7-16-17(8-15(13)18)21-10-20-16/h2-8H,10H2,1H3/b14-6-. The molecule has 1 aliphatic rings. The molecule has 0 N–H and O–H groups in total. The molecule has 3 nitrogen and oxygen atoms in total. The van der Waals surface area contributed by atoms with Crippen molar-refractivity contribution in [3.8, 4) is 17.6 Å². The minimum absolute atomic E-state index is 0.196. The van der Waals surface area contributed by atoms with E-state index in [-0.39, 0.29) is 6.79 Å². The second kappa shape index (κ2) is 5.51. The first kappa shape index (κ1) is 13.5. The zero-order valence-corrected chi connectivity index (χ0v) is 12.1. The van der Waals surface area contributed by atoms with Gasteiger partial charge in [0.1, 0.15) is 0 Å². The summed E-state index contributed by atoms with van der Waals surface area (Å²) in [5.74, 6) is 1.28. The number of rotatable bonds is 2. The summed E-state index contributed by atoms with van der Waals surface area (Å²) in [6, 6.07) is 13.5. The van der Waals surface area contributed by atoms with Gasteiger partial charge in [0.2, 0.25) is 6.79 Å². The fraction of sp³-hybridized carbons (Fsp3) is 0.118. The van der Waals surface area contributed by atoms with E-state index in [2.05, 4.69) is 6.07 Å². The number of allylic oxidation sites excluding steroid dienone is 1. The van der Waals surface area contributed by atoms with Crippen LogP contribution in [0.1, 0.15) is 16.7 Å². The third kappa shape index (κ3) is 2.72. The van der Waals surface area contributed by atoms with Crippen LogP contribution in [0.15, 0.2) is 36.4 Å². The maximum atomic E-state index is 9.38. The van der Waals surface area contributed by atoms with Crippen molar-refractivity contribution in [2.45, 2.75) is 6.92 Å². The van der Waals surface area contributed by atoms with Crippen molar-refractivity contribution in [3.05, 3.63) is 58.1 Å². The second-order valence-corrected chi connectivity index (χ2v) is 5.17. The number of halogens is 1. The topological polar surface area (TPSA) is 42.2 Å². The van der Waals surface area contributed by atoms with Crippen LogP contribution in [0.3, 0.4) is 0 Å². The van der Waals surface area contributed by atoms with Gasteiger partial charge in [0.15, 0.2) is 11.5 Å². The molecule has 0 fully saturated rings. The van der Waals surface area contributed by atoms with Gasteiger partial charge >= 0.3 is 0 Å². The minimum Gasteiger partial charge on any atom is -0.454 e. The van der Waals surface area contributed by atoms with Crippen LogP contribution in [0.25, 0.3) is 11.6 Å². The lowest BCUT2D eigenvalue weighted by Crippen LogP contribution is -1.92. The van der Waals surface area contributed by atoms with E-state index in [9.17, 15) is 5.26 Å². The van der Waals surface area contributed by atoms with Crippen LogP contribution in [0.4, 0.5) is 0 Å². The maximum Gasteiger partial charge on any atom is 0.231 e. The Morgan fingerprint density at radius 2 is 1.86 bits per heavy atom. The van der Waals surface area contributed by atoms with Crippen molar-refractivity contribution in [2.24, 2.45) is 0 Å². The summed E-state index contributed by atoms with van der Waals surface area (Å²) < 4.78 is 10.6. The summed E-state index contributed by atoms with van der Waals surface area (Å²) in [5.41, 5.74) is 3.29. The molecule has 4 heteroatoms. The van der Waals surface area contributed by atoms with E-state index < -0.39 is 0 Å². The molecule has 0 bridgehead atoms. The van der Waals surface area contributed by atoms with Gasteiger partial charge in [0.05, 0.1) is 16.7 Å². The molecule has 0 saturated carbocycles. The van der Waals surface area contributed by atoms with Crippen molar-refractivity contribution in [2.75, 3.05) is 6.79 Å². The van der Waals surface area contributed by atoms with Gasteiger partial charge in [0, 0.05) is 6.07 Å². The highest BCUT2D eigenvalue weighted by Gasteiger charge is 2.16. The lowest BCUT2D eigenvalue weighted by Gasteiger charge is -2.04. The summed E-state index contributed by atoms with van der Waals surface area (Å²) in [7, 11) is 0. The molecule has 0 aliphatic carbocycles. The lowest BCUT2D eigenvalue weighted by atomic mass is 10.0. The summed E-state index contributed by atoms with van der Waals surface area (Å²) in [6.45, 7) is 2.20. The molecule has 0 amide bonds. The average molecular weight is 298 g/mol. The highest BCUT2D eigenvalue weighted by atomic mass is 35.5. The van der Waals surface area contributed by atoms with Crippen molar-refractivity contribution >= 4 is 23.3 Å². The molecule has 1 aliphatic heterocycles. The predicted molar refractivity (Wildman–Crippen MR) is 82.2 cm³/mol. The first-order chi connectivity index (χ1) is 10.2. The van der Waals surface area contributed by atoms with Gasteiger partial charge in [-0.3, -0.25) is 0 Å². The molecule has 0 unspecified atom stereocenters. The van der Waals surface area contributed by atoms with E-state index >= 15 is 0 Å². The van der Waals surface area contributed by atoms with E-state index in [1.54, 1.807) is 18.2 Å². The van der Waals surface area contributed by atoms with Crippen LogP contribution in [-0.2, 0) is 0 Å². The van der Waals surface area contributed by atoms with Crippen LogP contribution in [0, 0.1) is 18.3 Å². The summed E-state index contributed by atoms with van der Waals surface area (Å²) in [4.78, 5) is 0. The highest BCUT2D eigenvalue weighted by Crippen LogP contribution is 2.38. The van der Waals surface area contributed by atoms with Crippen molar-refractivity contribution < 1.29 is 9.47 Å². The molecule has 0 atom stereocenters. The zero-order valence-electron chi connectivity index (χ0n) is 11.4. The van der Waals surface area contributed by atoms with Crippen LogP contribution < -0.4 is 9.47 Å². The molecule has 2 aromatic rings. The van der Waals surface area contributed by atoms with E-state index in [0.717, 1.165) is 16.7 Å². The van der Waals surface area contributed by atoms with Gasteiger partial charge in [-0.2, -0.15) is 5.26 Å². The molecular formula is C17H12ClNO2. The average Bonchev–Trinajstić information content (AvgIpc) is 2.93. The smallest absolute Gasteiger partial charge is 0.231 e. The first-order valence-corrected chi connectivity index (χ1v) is 6.83. The number of aryl methyl sites for hydroxylation is 1. The Labute approximate surface area is 128 Å². The number of benzene rings is 2. The summed E-state index contributed by atoms with van der Waals surface area (Å²) in [5, 5.41) is 9.90. The number of nitrogens with zero attached hydrogens (tertiary/aromatic N) is 1. The Balaban J connectivity index is 2.03. The van der Waals surface area contributed by atoms with E-state index in [1.165, 1.54) is 0 Å². The largest absolute Gasteiger partial charge is 0.454 e. The van der Waals surface area contributed by atoms with Gasteiger partial charge in [-0.05, 0) is 30.2 Å². The number of hydrogen-bond acceptors (Lipinski definition) is 3. The van der Waals surface area contributed by atoms with Gasteiger partial charge in [-0.1, -0.05) is 41.4 Å². The van der Waals surface area contributed by atoms with E-state index in [4.69, 9.17) is 21.1 Å². The summed E-state index contributed by atoms with van der Waals surface area (Å²) in [6.07, 6.45) is 1.76. The fourth-order valence-electron chi connectivity index (χ4n) is 2.11. The van der Waals surface area contributed by atoms with Crippen molar-refractivity contribution in [1.29, 1.82) is 5.26 Å². The van der Waals surface area contributed by atoms with Crippen molar-refractivity contribution in [1.82, 2.24) is 0 Å². The van der Waals surface area contributed by atoms with Crippen LogP contribution in [-0.4, -0.2) is 6.79 Å². The van der Waals surface area contributed by atoms with Gasteiger partial charge in [0.25, 0.3) is 0 Å². The maximum absolute atomic E-state index is 9.38. The molecule has 1 heterocycles. The van der Waals surface area contributed by atoms with Crippen molar-refractivity contribution in [3.63, 3.8) is 0 Å². The van der Waals surface area contributed by atoms with Gasteiger partial charge in [-0.15, -0.1) is 0 Å². The Bertz CT molecular complexity index is 758. The zero-order chi connectivity index (χ0) is 14.8. The molecule has 3 rings (SSSR count). The lowest BCUT2D eigenvalue weighted by molar-refractivity contribution is 0.174. The molecule has 2 aromatic carbocycles. The normalized spacial score (nSPS) is 13.1. The number of ether oxygens (including phenoxy) is 2. The Hall–Kier alpha value is -2.44. The molecule has 0 radical (unpaired) electrons. The minimum atomic E-state index is 0.196. The third-order valence-corrected chi connectivity index (χ3v) is 3.60. The summed E-state index contributed by atoms with van der Waals surface area (Å²) >= 11 is 6.23. The fourth-order valence-corrected chi connectivity index (χ4v) is 2.32. The first-order valence-electron chi connectivity index (χ1n) is 6.45. The number of fused-ring (bicyclic) bond motifs is 1. The number of nitriles is 1. The molecular weight excluding hydrogens is 286 g/mol. The number of hydrogen-bond donors (Lipinski definition) is 0. The molecule has 0 spiro atoms. The molecule has 0 aromatic heterocycles.